The summed E-state index contributed by atoms with van der Waals surface area (Å²) in [4.78, 5) is 25.7. The summed E-state index contributed by atoms with van der Waals surface area (Å²) in [5.74, 6) is 0.427. The maximum atomic E-state index is 12.9. The van der Waals surface area contributed by atoms with Crippen molar-refractivity contribution in [2.45, 2.75) is 72.8 Å². The highest BCUT2D eigenvalue weighted by Gasteiger charge is 2.32. The van der Waals surface area contributed by atoms with Gasteiger partial charge in [-0.2, -0.15) is 0 Å². The van der Waals surface area contributed by atoms with Gasteiger partial charge in [0.1, 0.15) is 6.04 Å². The zero-order valence-electron chi connectivity index (χ0n) is 16.9. The van der Waals surface area contributed by atoms with Crippen LogP contribution in [0.25, 0.3) is 0 Å². The molecular weight excluding hydrogens is 324 g/mol. The molecule has 0 saturated heterocycles. The first-order valence-electron chi connectivity index (χ1n) is 10.0. The Hall–Kier alpha value is -1.84. The van der Waals surface area contributed by atoms with Gasteiger partial charge in [0.15, 0.2) is 0 Å². The lowest BCUT2D eigenvalue weighted by molar-refractivity contribution is -0.132. The highest BCUT2D eigenvalue weighted by atomic mass is 16.2. The molecule has 2 amide bonds. The third-order valence-corrected chi connectivity index (χ3v) is 5.73. The lowest BCUT2D eigenvalue weighted by Crippen LogP contribution is -2.50. The van der Waals surface area contributed by atoms with E-state index in [1.165, 1.54) is 6.42 Å². The second-order valence-electron chi connectivity index (χ2n) is 8.11. The molecule has 0 bridgehead atoms. The molecule has 1 aromatic carbocycles. The molecule has 4 nitrogen and oxygen atoms in total. The van der Waals surface area contributed by atoms with Crippen molar-refractivity contribution in [2.75, 3.05) is 5.32 Å². The Kier molecular flexibility index (Phi) is 7.24. The van der Waals surface area contributed by atoms with E-state index in [9.17, 15) is 9.59 Å². The van der Waals surface area contributed by atoms with Crippen molar-refractivity contribution in [3.8, 4) is 0 Å². The molecule has 0 aliphatic heterocycles. The lowest BCUT2D eigenvalue weighted by atomic mass is 9.79. The van der Waals surface area contributed by atoms with Crippen LogP contribution in [0, 0.1) is 31.6 Å². The summed E-state index contributed by atoms with van der Waals surface area (Å²) in [7, 11) is 0. The third kappa shape index (κ3) is 5.33. The minimum atomic E-state index is -0.498. The van der Waals surface area contributed by atoms with Gasteiger partial charge >= 0.3 is 0 Å². The van der Waals surface area contributed by atoms with Gasteiger partial charge in [0, 0.05) is 11.6 Å². The molecule has 4 heteroatoms. The van der Waals surface area contributed by atoms with Crippen LogP contribution in [0.15, 0.2) is 18.2 Å². The summed E-state index contributed by atoms with van der Waals surface area (Å²) in [5.41, 5.74) is 3.02. The van der Waals surface area contributed by atoms with E-state index in [-0.39, 0.29) is 23.7 Å². The number of benzene rings is 1. The number of hydrogen-bond donors (Lipinski definition) is 2. The van der Waals surface area contributed by atoms with Gasteiger partial charge in [-0.25, -0.2) is 0 Å². The molecule has 26 heavy (non-hydrogen) atoms. The molecule has 2 N–H and O–H groups in total. The Morgan fingerprint density at radius 1 is 1.12 bits per heavy atom. The molecule has 0 spiro atoms. The van der Waals surface area contributed by atoms with Crippen LogP contribution in [0.5, 0.6) is 0 Å². The van der Waals surface area contributed by atoms with E-state index in [1.807, 2.05) is 32.9 Å². The Bertz CT molecular complexity index is 621. The summed E-state index contributed by atoms with van der Waals surface area (Å²) >= 11 is 0. The lowest BCUT2D eigenvalue weighted by Gasteiger charge is -2.31. The van der Waals surface area contributed by atoms with Crippen molar-refractivity contribution >= 4 is 17.5 Å². The monoisotopic (exact) mass is 358 g/mol. The molecule has 0 aromatic heterocycles. The van der Waals surface area contributed by atoms with Gasteiger partial charge in [-0.05, 0) is 61.8 Å². The van der Waals surface area contributed by atoms with Gasteiger partial charge in [-0.15, -0.1) is 0 Å². The number of carbonyl (C=O) groups is 2. The fourth-order valence-corrected chi connectivity index (χ4v) is 3.93. The summed E-state index contributed by atoms with van der Waals surface area (Å²) in [6.45, 7) is 10.3. The molecule has 0 radical (unpaired) electrons. The molecule has 1 saturated carbocycles. The van der Waals surface area contributed by atoms with Crippen molar-refractivity contribution in [2.24, 2.45) is 17.8 Å². The maximum Gasteiger partial charge on any atom is 0.247 e. The van der Waals surface area contributed by atoms with E-state index < -0.39 is 6.04 Å². The number of amides is 2. The number of hydrogen-bond acceptors (Lipinski definition) is 2. The molecule has 4 atom stereocenters. The van der Waals surface area contributed by atoms with Crippen LogP contribution in [0.4, 0.5) is 5.69 Å². The van der Waals surface area contributed by atoms with E-state index in [4.69, 9.17) is 0 Å². The Balaban J connectivity index is 2.10. The van der Waals surface area contributed by atoms with Crippen LogP contribution in [-0.4, -0.2) is 17.9 Å². The number of carbonyl (C=O) groups excluding carboxylic acids is 2. The van der Waals surface area contributed by atoms with E-state index in [0.717, 1.165) is 42.5 Å². The van der Waals surface area contributed by atoms with Crippen molar-refractivity contribution in [3.05, 3.63) is 29.3 Å². The Morgan fingerprint density at radius 2 is 1.73 bits per heavy atom. The standard InChI is InChI=1S/C22H34N2O2/c1-6-16(4)20(24-21(25)19-10-8-7-9-17(19)5)22(26)23-18-12-14(2)11-15(3)13-18/h11-13,16-17,19-20H,6-10H2,1-5H3,(H,23,26)(H,24,25)/t16-,17+,19+,20-/m0/s1. The molecule has 2 rings (SSSR count). The largest absolute Gasteiger partial charge is 0.344 e. The van der Waals surface area contributed by atoms with Crippen molar-refractivity contribution in [3.63, 3.8) is 0 Å². The summed E-state index contributed by atoms with van der Waals surface area (Å²) in [5, 5.41) is 6.07. The van der Waals surface area contributed by atoms with Crippen molar-refractivity contribution in [1.82, 2.24) is 5.32 Å². The first-order valence-corrected chi connectivity index (χ1v) is 10.0. The van der Waals surface area contributed by atoms with Crippen LogP contribution >= 0.6 is 0 Å². The normalized spacial score (nSPS) is 22.3. The van der Waals surface area contributed by atoms with Gasteiger partial charge in [0.05, 0.1) is 0 Å². The minimum absolute atomic E-state index is 0.0318. The average molecular weight is 359 g/mol. The quantitative estimate of drug-likeness (QED) is 0.781. The predicted octanol–water partition coefficient (Wildman–Crippen LogP) is 4.60. The van der Waals surface area contributed by atoms with Crippen LogP contribution in [0.1, 0.15) is 64.0 Å². The zero-order valence-corrected chi connectivity index (χ0v) is 16.9. The van der Waals surface area contributed by atoms with Crippen LogP contribution in [0.2, 0.25) is 0 Å². The van der Waals surface area contributed by atoms with E-state index >= 15 is 0 Å². The predicted molar refractivity (Wildman–Crippen MR) is 107 cm³/mol. The molecule has 0 heterocycles. The second kappa shape index (κ2) is 9.20. The fraction of sp³-hybridized carbons (Fsp3) is 0.636. The SMILES string of the molecule is CC[C@H](C)[C@H](NC(=O)[C@@H]1CCCC[C@H]1C)C(=O)Nc1cc(C)cc(C)c1. The molecular formula is C22H34N2O2. The summed E-state index contributed by atoms with van der Waals surface area (Å²) in [6.07, 6.45) is 5.17. The smallest absolute Gasteiger partial charge is 0.247 e. The maximum absolute atomic E-state index is 12.9. The number of nitrogens with one attached hydrogen (secondary N) is 2. The van der Waals surface area contributed by atoms with Gasteiger partial charge in [0.25, 0.3) is 0 Å². The molecule has 1 fully saturated rings. The fourth-order valence-electron chi connectivity index (χ4n) is 3.93. The zero-order chi connectivity index (χ0) is 19.3. The molecule has 1 aromatic rings. The summed E-state index contributed by atoms with van der Waals surface area (Å²) in [6, 6.07) is 5.50. The van der Waals surface area contributed by atoms with Crippen molar-refractivity contribution in [1.29, 1.82) is 0 Å². The topological polar surface area (TPSA) is 58.2 Å². The number of anilines is 1. The minimum Gasteiger partial charge on any atom is -0.344 e. The number of aryl methyl sites for hydroxylation is 2. The van der Waals surface area contributed by atoms with E-state index in [0.29, 0.717) is 5.92 Å². The molecule has 1 aliphatic rings. The molecule has 144 valence electrons. The van der Waals surface area contributed by atoms with Gasteiger partial charge in [-0.1, -0.05) is 46.1 Å². The highest BCUT2D eigenvalue weighted by molar-refractivity contribution is 5.97. The van der Waals surface area contributed by atoms with Crippen LogP contribution < -0.4 is 10.6 Å². The number of rotatable bonds is 6. The summed E-state index contributed by atoms with van der Waals surface area (Å²) < 4.78 is 0. The van der Waals surface area contributed by atoms with Gasteiger partial charge in [-0.3, -0.25) is 9.59 Å². The molecule has 0 unspecified atom stereocenters. The van der Waals surface area contributed by atoms with Gasteiger partial charge < -0.3 is 10.6 Å². The average Bonchev–Trinajstić information content (AvgIpc) is 2.58. The second-order valence-corrected chi connectivity index (χ2v) is 8.11. The highest BCUT2D eigenvalue weighted by Crippen LogP contribution is 2.30. The van der Waals surface area contributed by atoms with Crippen molar-refractivity contribution < 1.29 is 9.59 Å². The Morgan fingerprint density at radius 3 is 2.31 bits per heavy atom. The first-order chi connectivity index (χ1) is 12.3. The molecule has 1 aliphatic carbocycles. The van der Waals surface area contributed by atoms with E-state index in [2.05, 4.69) is 30.5 Å². The van der Waals surface area contributed by atoms with Gasteiger partial charge in [0.2, 0.25) is 11.8 Å². The van der Waals surface area contributed by atoms with E-state index in [1.54, 1.807) is 0 Å². The first kappa shape index (κ1) is 20.5. The Labute approximate surface area is 158 Å². The third-order valence-electron chi connectivity index (χ3n) is 5.73. The van der Waals surface area contributed by atoms with Crippen LogP contribution in [-0.2, 0) is 9.59 Å². The van der Waals surface area contributed by atoms with Crippen LogP contribution in [0.3, 0.4) is 0 Å².